The molecule has 1 saturated carbocycles. The third-order valence-electron chi connectivity index (χ3n) is 7.06. The molecule has 0 spiro atoms. The Labute approximate surface area is 201 Å². The van der Waals surface area contributed by atoms with Crippen molar-refractivity contribution >= 4 is 11.8 Å². The Kier molecular flexibility index (Phi) is 7.97. The fourth-order valence-corrected chi connectivity index (χ4v) is 4.96. The maximum absolute atomic E-state index is 12.7. The number of amides is 2. The van der Waals surface area contributed by atoms with Crippen LogP contribution in [0.1, 0.15) is 45.1 Å². The Morgan fingerprint density at radius 2 is 1.94 bits per heavy atom. The molecule has 1 atom stereocenters. The monoisotopic (exact) mass is 467 g/mol. The molecular formula is C25H37N7O2. The van der Waals surface area contributed by atoms with Gasteiger partial charge >= 0.3 is 11.7 Å². The number of nitrogens with two attached hydrogens (primary N) is 1. The molecule has 0 radical (unpaired) electrons. The van der Waals surface area contributed by atoms with Crippen LogP contribution in [0.25, 0.3) is 5.69 Å². The SMILES string of the molecule is CCN(Cc1ccc(-n2ccc(NC(=O)N3CCNC[C@H]3C)nc2=O)cc1)[C@H]1CC[C@H](N)CC1. The van der Waals surface area contributed by atoms with E-state index in [4.69, 9.17) is 5.73 Å². The van der Waals surface area contributed by atoms with Gasteiger partial charge in [0, 0.05) is 50.5 Å². The molecule has 9 nitrogen and oxygen atoms in total. The van der Waals surface area contributed by atoms with Crippen LogP contribution in [0.2, 0.25) is 0 Å². The quantitative estimate of drug-likeness (QED) is 0.601. The van der Waals surface area contributed by atoms with E-state index in [9.17, 15) is 9.59 Å². The number of aromatic nitrogens is 2. The summed E-state index contributed by atoms with van der Waals surface area (Å²) in [6.45, 7) is 8.23. The van der Waals surface area contributed by atoms with E-state index >= 15 is 0 Å². The third kappa shape index (κ3) is 5.84. The lowest BCUT2D eigenvalue weighted by Gasteiger charge is -2.35. The van der Waals surface area contributed by atoms with E-state index < -0.39 is 5.69 Å². The van der Waals surface area contributed by atoms with E-state index in [0.717, 1.165) is 57.5 Å². The first-order valence-electron chi connectivity index (χ1n) is 12.4. The van der Waals surface area contributed by atoms with Gasteiger partial charge in [0.05, 0.1) is 5.69 Å². The molecule has 0 bridgehead atoms. The van der Waals surface area contributed by atoms with Crippen LogP contribution >= 0.6 is 0 Å². The molecule has 0 unspecified atom stereocenters. The van der Waals surface area contributed by atoms with Gasteiger partial charge in [0.15, 0.2) is 0 Å². The fourth-order valence-electron chi connectivity index (χ4n) is 4.96. The van der Waals surface area contributed by atoms with Crippen molar-refractivity contribution < 1.29 is 4.79 Å². The summed E-state index contributed by atoms with van der Waals surface area (Å²) < 4.78 is 1.49. The largest absolute Gasteiger partial charge is 0.354 e. The number of nitrogens with one attached hydrogen (secondary N) is 2. The number of carbonyl (C=O) groups is 1. The van der Waals surface area contributed by atoms with Crippen LogP contribution in [0.5, 0.6) is 0 Å². The Bertz CT molecular complexity index is 1010. The highest BCUT2D eigenvalue weighted by Gasteiger charge is 2.24. The minimum absolute atomic E-state index is 0.0898. The molecule has 2 aliphatic rings. The van der Waals surface area contributed by atoms with Gasteiger partial charge in [-0.15, -0.1) is 0 Å². The van der Waals surface area contributed by atoms with E-state index in [1.54, 1.807) is 17.2 Å². The second kappa shape index (κ2) is 11.1. The second-order valence-corrected chi connectivity index (χ2v) is 9.44. The first-order chi connectivity index (χ1) is 16.4. The summed E-state index contributed by atoms with van der Waals surface area (Å²) in [4.78, 5) is 33.6. The number of benzene rings is 1. The fraction of sp³-hybridized carbons (Fsp3) is 0.560. The van der Waals surface area contributed by atoms with Crippen LogP contribution < -0.4 is 22.1 Å². The molecule has 2 amide bonds. The van der Waals surface area contributed by atoms with Crippen LogP contribution in [0, 0.1) is 0 Å². The van der Waals surface area contributed by atoms with Crippen molar-refractivity contribution in [2.24, 2.45) is 5.73 Å². The van der Waals surface area contributed by atoms with Crippen molar-refractivity contribution in [3.63, 3.8) is 0 Å². The zero-order chi connectivity index (χ0) is 24.1. The van der Waals surface area contributed by atoms with Crippen LogP contribution in [0.3, 0.4) is 0 Å². The van der Waals surface area contributed by atoms with E-state index in [1.165, 1.54) is 10.1 Å². The molecule has 1 aromatic heterocycles. The van der Waals surface area contributed by atoms with Gasteiger partial charge in [-0.1, -0.05) is 19.1 Å². The highest BCUT2D eigenvalue weighted by Crippen LogP contribution is 2.23. The number of rotatable bonds is 6. The maximum Gasteiger partial charge on any atom is 0.354 e. The van der Waals surface area contributed by atoms with Gasteiger partial charge < -0.3 is 16.0 Å². The number of hydrogen-bond donors (Lipinski definition) is 3. The van der Waals surface area contributed by atoms with Gasteiger partial charge in [-0.05, 0) is 62.9 Å². The van der Waals surface area contributed by atoms with Gasteiger partial charge in [0.1, 0.15) is 5.82 Å². The summed E-state index contributed by atoms with van der Waals surface area (Å²) in [5.41, 5.74) is 7.62. The molecule has 2 heterocycles. The lowest BCUT2D eigenvalue weighted by molar-refractivity contribution is 0.149. The van der Waals surface area contributed by atoms with Crippen molar-refractivity contribution in [2.75, 3.05) is 31.5 Å². The van der Waals surface area contributed by atoms with Gasteiger partial charge in [-0.2, -0.15) is 4.98 Å². The predicted molar refractivity (Wildman–Crippen MR) is 134 cm³/mol. The molecule has 1 saturated heterocycles. The summed E-state index contributed by atoms with van der Waals surface area (Å²) >= 11 is 0. The van der Waals surface area contributed by atoms with Crippen molar-refractivity contribution in [2.45, 2.75) is 64.2 Å². The van der Waals surface area contributed by atoms with Crippen molar-refractivity contribution in [3.8, 4) is 5.69 Å². The average Bonchev–Trinajstić information content (AvgIpc) is 2.84. The van der Waals surface area contributed by atoms with Crippen molar-refractivity contribution in [1.29, 1.82) is 0 Å². The predicted octanol–water partition coefficient (Wildman–Crippen LogP) is 2.15. The number of urea groups is 1. The minimum atomic E-state index is -0.423. The second-order valence-electron chi connectivity index (χ2n) is 9.44. The Hall–Kier alpha value is -2.75. The normalized spacial score (nSPS) is 23.2. The molecule has 2 aromatic rings. The van der Waals surface area contributed by atoms with Gasteiger partial charge in [-0.3, -0.25) is 14.8 Å². The summed E-state index contributed by atoms with van der Waals surface area (Å²) in [5.74, 6) is 0.263. The van der Waals surface area contributed by atoms with Crippen LogP contribution in [0.15, 0.2) is 41.3 Å². The Balaban J connectivity index is 1.39. The van der Waals surface area contributed by atoms with E-state index in [0.29, 0.717) is 18.6 Å². The number of hydrogen-bond acceptors (Lipinski definition) is 6. The van der Waals surface area contributed by atoms with Crippen molar-refractivity contribution in [1.82, 2.24) is 24.7 Å². The Morgan fingerprint density at radius 3 is 2.59 bits per heavy atom. The molecule has 4 N–H and O–H groups in total. The molecular weight excluding hydrogens is 430 g/mol. The zero-order valence-corrected chi connectivity index (χ0v) is 20.2. The lowest BCUT2D eigenvalue weighted by atomic mass is 9.90. The Morgan fingerprint density at radius 1 is 1.21 bits per heavy atom. The highest BCUT2D eigenvalue weighted by atomic mass is 16.2. The topological polar surface area (TPSA) is 109 Å². The molecule has 34 heavy (non-hydrogen) atoms. The average molecular weight is 468 g/mol. The number of piperazine rings is 1. The van der Waals surface area contributed by atoms with E-state index in [2.05, 4.69) is 39.6 Å². The lowest BCUT2D eigenvalue weighted by Crippen LogP contribution is -2.53. The minimum Gasteiger partial charge on any atom is -0.328 e. The standard InChI is InChI=1S/C25H37N7O2/c1-3-30(21-10-6-20(26)7-11-21)17-19-4-8-22(9-5-19)32-14-12-23(29-25(32)34)28-24(33)31-15-13-27-16-18(31)2/h4-5,8-9,12,14,18,20-21,27H,3,6-7,10-11,13,15-17,26H2,1-2H3,(H,28,29,33,34)/t18-,20-,21-/m1/s1. The smallest absolute Gasteiger partial charge is 0.328 e. The van der Waals surface area contributed by atoms with E-state index in [1.807, 2.05) is 19.1 Å². The summed E-state index contributed by atoms with van der Waals surface area (Å²) in [7, 11) is 0. The molecule has 1 aliphatic carbocycles. The molecule has 4 rings (SSSR count). The summed E-state index contributed by atoms with van der Waals surface area (Å²) in [6, 6.07) is 10.5. The first-order valence-corrected chi connectivity index (χ1v) is 12.4. The maximum atomic E-state index is 12.7. The van der Waals surface area contributed by atoms with E-state index in [-0.39, 0.29) is 17.9 Å². The van der Waals surface area contributed by atoms with Crippen LogP contribution in [0.4, 0.5) is 10.6 Å². The molecule has 184 valence electrons. The molecule has 9 heteroatoms. The van der Waals surface area contributed by atoms with Gasteiger partial charge in [0.2, 0.25) is 0 Å². The number of anilines is 1. The summed E-state index contributed by atoms with van der Waals surface area (Å²) in [5, 5.41) is 6.01. The molecule has 1 aromatic carbocycles. The van der Waals surface area contributed by atoms with Gasteiger partial charge in [0.25, 0.3) is 0 Å². The van der Waals surface area contributed by atoms with Crippen LogP contribution in [-0.4, -0.2) is 69.7 Å². The third-order valence-corrected chi connectivity index (χ3v) is 7.06. The van der Waals surface area contributed by atoms with Gasteiger partial charge in [-0.25, -0.2) is 9.59 Å². The number of carbonyl (C=O) groups excluding carboxylic acids is 1. The zero-order valence-electron chi connectivity index (χ0n) is 20.2. The van der Waals surface area contributed by atoms with Crippen molar-refractivity contribution in [3.05, 3.63) is 52.6 Å². The summed E-state index contributed by atoms with van der Waals surface area (Å²) in [6.07, 6.45) is 6.17. The van der Waals surface area contributed by atoms with Crippen LogP contribution in [-0.2, 0) is 6.54 Å². The molecule has 1 aliphatic heterocycles. The highest BCUT2D eigenvalue weighted by molar-refractivity contribution is 5.88. The number of nitrogens with zero attached hydrogens (tertiary/aromatic N) is 4. The molecule has 2 fully saturated rings. The first kappa shape index (κ1) is 24.4.